The van der Waals surface area contributed by atoms with Gasteiger partial charge in [0.15, 0.2) is 0 Å². The standard InChI is InChI=1S/C15H11F3N4O/c16-15(17,18)13-8-11(21-22-13)10-5-4-9(7-12(10)23)20-14-3-1-2-6-19-14/h1-8,23H,(H,19,20)(H,21,22). The number of anilines is 2. The van der Waals surface area contributed by atoms with Crippen molar-refractivity contribution in [2.24, 2.45) is 0 Å². The van der Waals surface area contributed by atoms with Crippen LogP contribution in [-0.2, 0) is 6.18 Å². The highest BCUT2D eigenvalue weighted by atomic mass is 19.4. The number of pyridine rings is 1. The van der Waals surface area contributed by atoms with Crippen molar-refractivity contribution in [3.05, 3.63) is 54.4 Å². The maximum absolute atomic E-state index is 12.6. The van der Waals surface area contributed by atoms with Crippen LogP contribution in [0.1, 0.15) is 5.69 Å². The van der Waals surface area contributed by atoms with Crippen molar-refractivity contribution in [1.82, 2.24) is 15.2 Å². The van der Waals surface area contributed by atoms with Crippen molar-refractivity contribution in [3.63, 3.8) is 0 Å². The van der Waals surface area contributed by atoms with Crippen molar-refractivity contribution in [2.75, 3.05) is 5.32 Å². The van der Waals surface area contributed by atoms with Crippen molar-refractivity contribution in [1.29, 1.82) is 0 Å². The van der Waals surface area contributed by atoms with E-state index in [2.05, 4.69) is 15.4 Å². The monoisotopic (exact) mass is 320 g/mol. The van der Waals surface area contributed by atoms with Crippen molar-refractivity contribution >= 4 is 11.5 Å². The molecule has 0 aliphatic rings. The van der Waals surface area contributed by atoms with Crippen LogP contribution in [0.2, 0.25) is 0 Å². The first-order chi connectivity index (χ1) is 10.9. The molecule has 1 aromatic carbocycles. The lowest BCUT2D eigenvalue weighted by Gasteiger charge is -2.07. The molecule has 0 fully saturated rings. The Morgan fingerprint density at radius 3 is 2.52 bits per heavy atom. The quantitative estimate of drug-likeness (QED) is 0.683. The first-order valence-electron chi connectivity index (χ1n) is 6.57. The number of aromatic hydroxyl groups is 1. The van der Waals surface area contributed by atoms with Gasteiger partial charge in [-0.3, -0.25) is 5.10 Å². The zero-order valence-electron chi connectivity index (χ0n) is 11.6. The van der Waals surface area contributed by atoms with Gasteiger partial charge in [-0.1, -0.05) is 6.07 Å². The van der Waals surface area contributed by atoms with Gasteiger partial charge in [0.05, 0.1) is 5.69 Å². The third kappa shape index (κ3) is 3.25. The molecule has 3 rings (SSSR count). The van der Waals surface area contributed by atoms with Gasteiger partial charge in [0, 0.05) is 23.5 Å². The minimum Gasteiger partial charge on any atom is -0.507 e. The van der Waals surface area contributed by atoms with Gasteiger partial charge >= 0.3 is 6.18 Å². The summed E-state index contributed by atoms with van der Waals surface area (Å²) in [6, 6.07) is 10.7. The Balaban J connectivity index is 1.86. The fourth-order valence-electron chi connectivity index (χ4n) is 2.02. The van der Waals surface area contributed by atoms with Crippen LogP contribution in [0.5, 0.6) is 5.75 Å². The largest absolute Gasteiger partial charge is 0.507 e. The van der Waals surface area contributed by atoms with E-state index in [0.29, 0.717) is 11.5 Å². The SMILES string of the molecule is Oc1cc(Nc2ccccn2)ccc1-c1cc(C(F)(F)F)[nH]n1. The molecule has 2 heterocycles. The number of nitrogens with one attached hydrogen (secondary N) is 2. The summed E-state index contributed by atoms with van der Waals surface area (Å²) in [4.78, 5) is 4.08. The number of aromatic amines is 1. The zero-order chi connectivity index (χ0) is 16.4. The van der Waals surface area contributed by atoms with E-state index in [1.54, 1.807) is 30.5 Å². The molecule has 0 spiro atoms. The van der Waals surface area contributed by atoms with E-state index >= 15 is 0 Å². The summed E-state index contributed by atoms with van der Waals surface area (Å²) in [7, 11) is 0. The fourth-order valence-corrected chi connectivity index (χ4v) is 2.02. The van der Waals surface area contributed by atoms with Gasteiger partial charge in [-0.05, 0) is 30.3 Å². The predicted octanol–water partition coefficient (Wildman–Crippen LogP) is 3.94. The summed E-state index contributed by atoms with van der Waals surface area (Å²) < 4.78 is 37.7. The van der Waals surface area contributed by atoms with Gasteiger partial charge in [-0.2, -0.15) is 18.3 Å². The normalized spacial score (nSPS) is 11.4. The van der Waals surface area contributed by atoms with Gasteiger partial charge in [-0.25, -0.2) is 4.98 Å². The fraction of sp³-hybridized carbons (Fsp3) is 0.0667. The van der Waals surface area contributed by atoms with Gasteiger partial charge in [-0.15, -0.1) is 0 Å². The minimum absolute atomic E-state index is 0.0132. The second kappa shape index (κ2) is 5.64. The summed E-state index contributed by atoms with van der Waals surface area (Å²) in [5.74, 6) is 0.393. The highest BCUT2D eigenvalue weighted by Gasteiger charge is 2.33. The molecule has 0 amide bonds. The number of phenolic OH excluding ortho intramolecular Hbond substituents is 1. The number of alkyl halides is 3. The lowest BCUT2D eigenvalue weighted by molar-refractivity contribution is -0.141. The van der Waals surface area contributed by atoms with Crippen molar-refractivity contribution < 1.29 is 18.3 Å². The number of nitrogens with zero attached hydrogens (tertiary/aromatic N) is 2. The van der Waals surface area contributed by atoms with Gasteiger partial charge in [0.25, 0.3) is 0 Å². The molecule has 0 saturated heterocycles. The third-order valence-electron chi connectivity index (χ3n) is 3.09. The van der Waals surface area contributed by atoms with Crippen LogP contribution in [0.3, 0.4) is 0 Å². The van der Waals surface area contributed by atoms with E-state index in [1.165, 1.54) is 12.1 Å². The lowest BCUT2D eigenvalue weighted by atomic mass is 10.1. The summed E-state index contributed by atoms with van der Waals surface area (Å²) in [5.41, 5.74) is -0.207. The van der Waals surface area contributed by atoms with Crippen LogP contribution in [0.25, 0.3) is 11.3 Å². The zero-order valence-corrected chi connectivity index (χ0v) is 11.6. The number of rotatable bonds is 3. The molecule has 118 valence electrons. The highest BCUT2D eigenvalue weighted by Crippen LogP contribution is 2.34. The molecule has 0 atom stereocenters. The molecule has 0 unspecified atom stereocenters. The average molecular weight is 320 g/mol. The van der Waals surface area contributed by atoms with Crippen LogP contribution in [0.15, 0.2) is 48.7 Å². The van der Waals surface area contributed by atoms with Crippen LogP contribution in [0, 0.1) is 0 Å². The van der Waals surface area contributed by atoms with E-state index in [-0.39, 0.29) is 17.0 Å². The predicted molar refractivity (Wildman–Crippen MR) is 78.2 cm³/mol. The molecular formula is C15H11F3N4O. The molecule has 23 heavy (non-hydrogen) atoms. The van der Waals surface area contributed by atoms with Gasteiger partial charge in [0.1, 0.15) is 17.3 Å². The van der Waals surface area contributed by atoms with Crippen molar-refractivity contribution in [2.45, 2.75) is 6.18 Å². The Kier molecular flexibility index (Phi) is 3.65. The average Bonchev–Trinajstić information content (AvgIpc) is 2.98. The first kappa shape index (κ1) is 14.9. The van der Waals surface area contributed by atoms with E-state index in [9.17, 15) is 18.3 Å². The van der Waals surface area contributed by atoms with Crippen LogP contribution in [0.4, 0.5) is 24.7 Å². The second-order valence-electron chi connectivity index (χ2n) is 4.74. The molecule has 0 aliphatic carbocycles. The molecule has 0 bridgehead atoms. The lowest BCUT2D eigenvalue weighted by Crippen LogP contribution is -2.04. The Morgan fingerprint density at radius 2 is 1.91 bits per heavy atom. The van der Waals surface area contributed by atoms with E-state index in [4.69, 9.17) is 0 Å². The first-order valence-corrected chi connectivity index (χ1v) is 6.57. The van der Waals surface area contributed by atoms with E-state index < -0.39 is 11.9 Å². The summed E-state index contributed by atoms with van der Waals surface area (Å²) >= 11 is 0. The molecule has 0 saturated carbocycles. The molecule has 3 N–H and O–H groups in total. The van der Waals surface area contributed by atoms with Crippen LogP contribution < -0.4 is 5.32 Å². The summed E-state index contributed by atoms with van der Waals surface area (Å²) in [5, 5.41) is 18.5. The van der Waals surface area contributed by atoms with Crippen LogP contribution >= 0.6 is 0 Å². The molecule has 3 aromatic rings. The number of H-pyrrole nitrogens is 1. The third-order valence-corrected chi connectivity index (χ3v) is 3.09. The van der Waals surface area contributed by atoms with E-state index in [0.717, 1.165) is 6.07 Å². The number of phenols is 1. The maximum atomic E-state index is 12.6. The Bertz CT molecular complexity index is 815. The maximum Gasteiger partial charge on any atom is 0.432 e. The molecule has 2 aromatic heterocycles. The molecule has 8 heteroatoms. The second-order valence-corrected chi connectivity index (χ2v) is 4.74. The Morgan fingerprint density at radius 1 is 1.09 bits per heavy atom. The molecule has 5 nitrogen and oxygen atoms in total. The highest BCUT2D eigenvalue weighted by molar-refractivity contribution is 5.72. The molecule has 0 radical (unpaired) electrons. The molecule has 0 aliphatic heterocycles. The smallest absolute Gasteiger partial charge is 0.432 e. The van der Waals surface area contributed by atoms with Crippen LogP contribution in [-0.4, -0.2) is 20.3 Å². The van der Waals surface area contributed by atoms with Crippen molar-refractivity contribution in [3.8, 4) is 17.0 Å². The summed E-state index contributed by atoms with van der Waals surface area (Å²) in [6.07, 6.45) is -2.90. The number of hydrogen-bond donors (Lipinski definition) is 3. The molecular weight excluding hydrogens is 309 g/mol. The minimum atomic E-state index is -4.51. The van der Waals surface area contributed by atoms with Gasteiger partial charge in [0.2, 0.25) is 0 Å². The van der Waals surface area contributed by atoms with E-state index in [1.807, 2.05) is 5.10 Å². The topological polar surface area (TPSA) is 73.8 Å². The number of hydrogen-bond acceptors (Lipinski definition) is 4. The number of aromatic nitrogens is 3. The Labute approximate surface area is 128 Å². The Hall–Kier alpha value is -3.03. The number of benzene rings is 1. The summed E-state index contributed by atoms with van der Waals surface area (Å²) in [6.45, 7) is 0. The number of halogens is 3. The van der Waals surface area contributed by atoms with Gasteiger partial charge < -0.3 is 10.4 Å².